The van der Waals surface area contributed by atoms with E-state index in [4.69, 9.17) is 9.15 Å². The van der Waals surface area contributed by atoms with Gasteiger partial charge in [-0.3, -0.25) is 9.59 Å². The first-order valence-electron chi connectivity index (χ1n) is 10.5. The standard InChI is InChI=1S/C25H22N4O5/c1-3-33-25(32)21-15-26-29(16(21)2)20-11-9-17(10-12-20)23(30)27-18-6-4-7-19(14-18)28-24(31)22-8-5-13-34-22/h4-15H,3H2,1-2H3,(H,27,30)(H,28,31). The SMILES string of the molecule is CCOC(=O)c1cnn(-c2ccc(C(=O)Nc3cccc(NC(=O)c4ccco4)c3)cc2)c1C. The average Bonchev–Trinajstić information content (AvgIpc) is 3.50. The van der Waals surface area contributed by atoms with Crippen LogP contribution in [-0.2, 0) is 4.74 Å². The number of carbonyl (C=O) groups excluding carboxylic acids is 3. The molecule has 4 rings (SSSR count). The van der Waals surface area contributed by atoms with Gasteiger partial charge in [0, 0.05) is 16.9 Å². The van der Waals surface area contributed by atoms with E-state index >= 15 is 0 Å². The van der Waals surface area contributed by atoms with Crippen molar-refractivity contribution in [1.29, 1.82) is 0 Å². The smallest absolute Gasteiger partial charge is 0.341 e. The van der Waals surface area contributed by atoms with E-state index in [9.17, 15) is 14.4 Å². The molecule has 2 N–H and O–H groups in total. The number of rotatable bonds is 7. The van der Waals surface area contributed by atoms with Crippen molar-refractivity contribution in [3.8, 4) is 5.69 Å². The van der Waals surface area contributed by atoms with Crippen LogP contribution in [0.15, 0.2) is 77.5 Å². The van der Waals surface area contributed by atoms with Gasteiger partial charge < -0.3 is 19.8 Å². The predicted octanol–water partition coefficient (Wildman–Crippen LogP) is 4.46. The molecule has 0 bridgehead atoms. The van der Waals surface area contributed by atoms with Crippen LogP contribution in [0.2, 0.25) is 0 Å². The molecule has 0 saturated heterocycles. The van der Waals surface area contributed by atoms with Crippen molar-refractivity contribution in [2.75, 3.05) is 17.2 Å². The first-order valence-corrected chi connectivity index (χ1v) is 10.5. The Balaban J connectivity index is 1.44. The molecular weight excluding hydrogens is 436 g/mol. The number of aromatic nitrogens is 2. The van der Waals surface area contributed by atoms with Gasteiger partial charge in [-0.05, 0) is 68.4 Å². The second kappa shape index (κ2) is 9.86. The van der Waals surface area contributed by atoms with Crippen molar-refractivity contribution in [3.05, 3.63) is 95.7 Å². The molecule has 9 nitrogen and oxygen atoms in total. The Morgan fingerprint density at radius 2 is 1.68 bits per heavy atom. The molecule has 9 heteroatoms. The molecule has 0 saturated carbocycles. The van der Waals surface area contributed by atoms with Crippen molar-refractivity contribution < 1.29 is 23.5 Å². The van der Waals surface area contributed by atoms with Gasteiger partial charge in [-0.25, -0.2) is 9.48 Å². The van der Waals surface area contributed by atoms with Crippen LogP contribution in [0, 0.1) is 6.92 Å². The van der Waals surface area contributed by atoms with E-state index in [1.165, 1.54) is 12.5 Å². The van der Waals surface area contributed by atoms with Gasteiger partial charge in [-0.1, -0.05) is 6.07 Å². The predicted molar refractivity (Wildman–Crippen MR) is 125 cm³/mol. The Hall–Kier alpha value is -4.66. The first-order chi connectivity index (χ1) is 16.5. The molecule has 2 amide bonds. The van der Waals surface area contributed by atoms with E-state index in [-0.39, 0.29) is 24.2 Å². The van der Waals surface area contributed by atoms with E-state index in [0.717, 1.165) is 0 Å². The molecule has 2 heterocycles. The molecular formula is C25H22N4O5. The lowest BCUT2D eigenvalue weighted by Crippen LogP contribution is -2.13. The zero-order valence-electron chi connectivity index (χ0n) is 18.6. The maximum Gasteiger partial charge on any atom is 0.341 e. The largest absolute Gasteiger partial charge is 0.462 e. The Bertz CT molecular complexity index is 1320. The topological polar surface area (TPSA) is 115 Å². The normalized spacial score (nSPS) is 10.5. The van der Waals surface area contributed by atoms with Crippen molar-refractivity contribution >= 4 is 29.2 Å². The molecule has 0 unspecified atom stereocenters. The molecule has 0 fully saturated rings. The van der Waals surface area contributed by atoms with E-state index < -0.39 is 5.97 Å². The maximum atomic E-state index is 12.7. The molecule has 0 aliphatic carbocycles. The van der Waals surface area contributed by atoms with Gasteiger partial charge in [0.05, 0.1) is 30.4 Å². The van der Waals surface area contributed by atoms with Gasteiger partial charge in [-0.2, -0.15) is 5.10 Å². The number of anilines is 2. The molecule has 0 radical (unpaired) electrons. The third kappa shape index (κ3) is 4.88. The van der Waals surface area contributed by atoms with Crippen LogP contribution in [0.4, 0.5) is 11.4 Å². The number of benzene rings is 2. The number of ether oxygens (including phenoxy) is 1. The lowest BCUT2D eigenvalue weighted by molar-refractivity contribution is 0.0525. The average molecular weight is 458 g/mol. The number of hydrogen-bond donors (Lipinski definition) is 2. The fourth-order valence-corrected chi connectivity index (χ4v) is 3.31. The van der Waals surface area contributed by atoms with E-state index in [1.807, 2.05) is 0 Å². The Labute approximate surface area is 195 Å². The minimum Gasteiger partial charge on any atom is -0.462 e. The summed E-state index contributed by atoms with van der Waals surface area (Å²) in [5, 5.41) is 9.79. The monoisotopic (exact) mass is 458 g/mol. The first kappa shape index (κ1) is 22.5. The fraction of sp³-hybridized carbons (Fsp3) is 0.120. The minimum absolute atomic E-state index is 0.191. The van der Waals surface area contributed by atoms with E-state index in [0.29, 0.717) is 33.9 Å². The van der Waals surface area contributed by atoms with Crippen LogP contribution in [0.1, 0.15) is 43.9 Å². The number of nitrogens with one attached hydrogen (secondary N) is 2. The minimum atomic E-state index is -0.426. The zero-order valence-corrected chi connectivity index (χ0v) is 18.6. The summed E-state index contributed by atoms with van der Waals surface area (Å²) in [5.41, 5.74) is 3.21. The van der Waals surface area contributed by atoms with Gasteiger partial charge in [0.15, 0.2) is 5.76 Å². The van der Waals surface area contributed by atoms with Crippen LogP contribution < -0.4 is 10.6 Å². The van der Waals surface area contributed by atoms with Crippen LogP contribution in [0.25, 0.3) is 5.69 Å². The summed E-state index contributed by atoms with van der Waals surface area (Å²) in [7, 11) is 0. The molecule has 0 aliphatic rings. The summed E-state index contributed by atoms with van der Waals surface area (Å²) >= 11 is 0. The van der Waals surface area contributed by atoms with Gasteiger partial charge in [0.25, 0.3) is 11.8 Å². The number of furan rings is 1. The third-order valence-corrected chi connectivity index (χ3v) is 5.00. The van der Waals surface area contributed by atoms with Gasteiger partial charge >= 0.3 is 5.97 Å². The van der Waals surface area contributed by atoms with Crippen molar-refractivity contribution in [1.82, 2.24) is 9.78 Å². The van der Waals surface area contributed by atoms with Crippen LogP contribution in [-0.4, -0.2) is 34.2 Å². The molecule has 2 aromatic carbocycles. The summed E-state index contributed by atoms with van der Waals surface area (Å²) in [4.78, 5) is 36.9. The van der Waals surface area contributed by atoms with Crippen LogP contribution in [0.3, 0.4) is 0 Å². The number of esters is 1. The van der Waals surface area contributed by atoms with Crippen LogP contribution in [0.5, 0.6) is 0 Å². The second-order valence-electron chi connectivity index (χ2n) is 7.29. The molecule has 0 aliphatic heterocycles. The lowest BCUT2D eigenvalue weighted by Gasteiger charge is -2.09. The maximum absolute atomic E-state index is 12.7. The van der Waals surface area contributed by atoms with E-state index in [2.05, 4.69) is 15.7 Å². The number of hydrogen-bond acceptors (Lipinski definition) is 6. The summed E-state index contributed by atoms with van der Waals surface area (Å²) in [6, 6.07) is 16.8. The lowest BCUT2D eigenvalue weighted by atomic mass is 10.1. The molecule has 172 valence electrons. The number of amides is 2. The highest BCUT2D eigenvalue weighted by Gasteiger charge is 2.16. The van der Waals surface area contributed by atoms with E-state index in [1.54, 1.807) is 79.2 Å². The summed E-state index contributed by atoms with van der Waals surface area (Å²) in [6.07, 6.45) is 2.88. The highest BCUT2D eigenvalue weighted by molar-refractivity contribution is 6.05. The summed E-state index contributed by atoms with van der Waals surface area (Å²) in [5.74, 6) is -0.935. The third-order valence-electron chi connectivity index (χ3n) is 5.00. The zero-order chi connectivity index (χ0) is 24.1. The summed E-state index contributed by atoms with van der Waals surface area (Å²) in [6.45, 7) is 3.80. The quantitative estimate of drug-likeness (QED) is 0.395. The van der Waals surface area contributed by atoms with Crippen molar-refractivity contribution in [2.24, 2.45) is 0 Å². The number of carbonyl (C=O) groups is 3. The van der Waals surface area contributed by atoms with Gasteiger partial charge in [0.2, 0.25) is 0 Å². The Morgan fingerprint density at radius 1 is 0.971 bits per heavy atom. The Morgan fingerprint density at radius 3 is 2.32 bits per heavy atom. The van der Waals surface area contributed by atoms with Gasteiger partial charge in [-0.15, -0.1) is 0 Å². The highest BCUT2D eigenvalue weighted by atomic mass is 16.5. The molecule has 34 heavy (non-hydrogen) atoms. The second-order valence-corrected chi connectivity index (χ2v) is 7.29. The highest BCUT2D eigenvalue weighted by Crippen LogP contribution is 2.19. The van der Waals surface area contributed by atoms with Crippen LogP contribution >= 0.6 is 0 Å². The number of nitrogens with zero attached hydrogens (tertiary/aromatic N) is 2. The van der Waals surface area contributed by atoms with Crippen molar-refractivity contribution in [3.63, 3.8) is 0 Å². The molecule has 0 spiro atoms. The summed E-state index contributed by atoms with van der Waals surface area (Å²) < 4.78 is 11.7. The Kier molecular flexibility index (Phi) is 6.54. The molecule has 0 atom stereocenters. The molecule has 2 aromatic heterocycles. The molecule has 4 aromatic rings. The van der Waals surface area contributed by atoms with Gasteiger partial charge in [0.1, 0.15) is 5.56 Å². The fourth-order valence-electron chi connectivity index (χ4n) is 3.31. The van der Waals surface area contributed by atoms with Crippen molar-refractivity contribution in [2.45, 2.75) is 13.8 Å².